The second-order valence-electron chi connectivity index (χ2n) is 9.92. The summed E-state index contributed by atoms with van der Waals surface area (Å²) in [5.41, 5.74) is 1.46. The summed E-state index contributed by atoms with van der Waals surface area (Å²) in [6, 6.07) is 15.4. The van der Waals surface area contributed by atoms with Gasteiger partial charge in [-0.15, -0.1) is 0 Å². The maximum absolute atomic E-state index is 14.2. The van der Waals surface area contributed by atoms with Gasteiger partial charge in [-0.05, 0) is 42.0 Å². The van der Waals surface area contributed by atoms with Crippen LogP contribution in [0.1, 0.15) is 22.8 Å². The van der Waals surface area contributed by atoms with E-state index in [0.717, 1.165) is 16.5 Å². The first-order chi connectivity index (χ1) is 19.7. The molecule has 0 radical (unpaired) electrons. The lowest BCUT2D eigenvalue weighted by Gasteiger charge is -2.36. The van der Waals surface area contributed by atoms with Crippen molar-refractivity contribution in [3.8, 4) is 11.5 Å². The van der Waals surface area contributed by atoms with Crippen molar-refractivity contribution in [2.45, 2.75) is 19.0 Å². The number of benzene rings is 3. The largest absolute Gasteiger partial charge is 0.495 e. The number of non-ortho nitro benzene ring substituents is 1. The van der Waals surface area contributed by atoms with Crippen LogP contribution < -0.4 is 19.3 Å². The zero-order valence-electron chi connectivity index (χ0n) is 21.9. The van der Waals surface area contributed by atoms with Crippen LogP contribution in [0.3, 0.4) is 0 Å². The summed E-state index contributed by atoms with van der Waals surface area (Å²) in [5, 5.41) is 11.5. The Bertz CT molecular complexity index is 1660. The lowest BCUT2D eigenvalue weighted by Crippen LogP contribution is -2.48. The number of nitro benzene ring substituents is 1. The van der Waals surface area contributed by atoms with E-state index >= 15 is 0 Å². The van der Waals surface area contributed by atoms with Crippen molar-refractivity contribution < 1.29 is 33.6 Å². The summed E-state index contributed by atoms with van der Waals surface area (Å²) < 4.78 is 10.4. The highest BCUT2D eigenvalue weighted by atomic mass is 16.6. The van der Waals surface area contributed by atoms with Gasteiger partial charge in [0.15, 0.2) is 5.78 Å². The monoisotopic (exact) mass is 553 g/mol. The van der Waals surface area contributed by atoms with Crippen LogP contribution in [0.5, 0.6) is 11.5 Å². The number of esters is 1. The molecule has 2 fully saturated rings. The highest BCUT2D eigenvalue weighted by molar-refractivity contribution is 6.26. The molecule has 3 aromatic rings. The normalized spacial score (nSPS) is 22.2. The molecule has 0 saturated carbocycles. The molecule has 11 heteroatoms. The number of nitrogens with zero attached hydrogens (tertiary/aromatic N) is 3. The number of nitro groups is 1. The van der Waals surface area contributed by atoms with Crippen LogP contribution in [0, 0.1) is 22.0 Å². The van der Waals surface area contributed by atoms with Gasteiger partial charge in [-0.2, -0.15) is 0 Å². The third-order valence-electron chi connectivity index (χ3n) is 7.70. The van der Waals surface area contributed by atoms with Crippen molar-refractivity contribution in [1.82, 2.24) is 0 Å². The van der Waals surface area contributed by atoms with Gasteiger partial charge in [0.1, 0.15) is 23.2 Å². The highest BCUT2D eigenvalue weighted by Crippen LogP contribution is 2.51. The van der Waals surface area contributed by atoms with E-state index in [1.165, 1.54) is 50.4 Å². The van der Waals surface area contributed by atoms with Crippen LogP contribution >= 0.6 is 0 Å². The van der Waals surface area contributed by atoms with Gasteiger partial charge in [0.2, 0.25) is 11.8 Å². The zero-order chi connectivity index (χ0) is 29.0. The van der Waals surface area contributed by atoms with Crippen molar-refractivity contribution in [2.24, 2.45) is 11.8 Å². The minimum atomic E-state index is -1.08. The molecular weight excluding hydrogens is 530 g/mol. The van der Waals surface area contributed by atoms with E-state index in [4.69, 9.17) is 9.47 Å². The van der Waals surface area contributed by atoms with Gasteiger partial charge < -0.3 is 14.4 Å². The minimum absolute atomic E-state index is 0.0465. The molecule has 0 N–H and O–H groups in total. The summed E-state index contributed by atoms with van der Waals surface area (Å²) in [6.45, 7) is 1.27. The van der Waals surface area contributed by atoms with Crippen LogP contribution in [0.25, 0.3) is 6.08 Å². The van der Waals surface area contributed by atoms with Gasteiger partial charge >= 0.3 is 5.97 Å². The molecular formula is C30H23N3O8. The Kier molecular flexibility index (Phi) is 6.14. The maximum atomic E-state index is 14.2. The predicted octanol–water partition coefficient (Wildman–Crippen LogP) is 3.80. The fraction of sp³-hybridized carbons (Fsp3) is 0.200. The number of Topliss-reactive ketones (excluding diaryl/α,β-unsaturated/α-hetero) is 1. The maximum Gasteiger partial charge on any atom is 0.308 e. The smallest absolute Gasteiger partial charge is 0.308 e. The second kappa shape index (κ2) is 9.70. The average Bonchev–Trinajstić information content (AvgIpc) is 3.44. The average molecular weight is 554 g/mol. The molecule has 0 aromatic heterocycles. The number of carbonyl (C=O) groups is 4. The molecule has 0 bridgehead atoms. The number of hydrogen-bond acceptors (Lipinski definition) is 9. The zero-order valence-corrected chi connectivity index (χ0v) is 21.9. The lowest BCUT2D eigenvalue weighted by molar-refractivity contribution is -0.384. The Hall–Kier alpha value is -5.32. The molecule has 11 nitrogen and oxygen atoms in total. The number of imide groups is 1. The van der Waals surface area contributed by atoms with E-state index in [2.05, 4.69) is 0 Å². The second-order valence-corrected chi connectivity index (χ2v) is 9.92. The molecule has 3 aliphatic rings. The fourth-order valence-corrected chi connectivity index (χ4v) is 6.04. The van der Waals surface area contributed by atoms with E-state index in [9.17, 15) is 29.3 Å². The van der Waals surface area contributed by atoms with E-state index < -0.39 is 52.4 Å². The molecule has 41 heavy (non-hydrogen) atoms. The van der Waals surface area contributed by atoms with Crippen LogP contribution in [-0.4, -0.2) is 47.7 Å². The number of anilines is 2. The van der Waals surface area contributed by atoms with E-state index in [1.54, 1.807) is 0 Å². The van der Waals surface area contributed by atoms with Gasteiger partial charge in [0.05, 0.1) is 29.9 Å². The molecule has 3 aliphatic heterocycles. The van der Waals surface area contributed by atoms with Gasteiger partial charge in [0, 0.05) is 30.3 Å². The number of ether oxygens (including phenoxy) is 2. The summed E-state index contributed by atoms with van der Waals surface area (Å²) in [7, 11) is 1.34. The molecule has 0 aliphatic carbocycles. The number of rotatable bonds is 6. The number of methoxy groups -OCH3 is 1. The Morgan fingerprint density at radius 2 is 1.63 bits per heavy atom. The molecule has 0 spiro atoms. The van der Waals surface area contributed by atoms with E-state index in [0.29, 0.717) is 5.69 Å². The highest BCUT2D eigenvalue weighted by Gasteiger charge is 2.64. The quantitative estimate of drug-likeness (QED) is 0.111. The van der Waals surface area contributed by atoms with E-state index in [-0.39, 0.29) is 28.4 Å². The van der Waals surface area contributed by atoms with E-state index in [1.807, 2.05) is 41.3 Å². The van der Waals surface area contributed by atoms with Gasteiger partial charge in [-0.3, -0.25) is 29.3 Å². The first-order valence-corrected chi connectivity index (χ1v) is 12.8. The summed E-state index contributed by atoms with van der Waals surface area (Å²) in [4.78, 5) is 67.3. The summed E-state index contributed by atoms with van der Waals surface area (Å²) in [5.74, 6) is -3.74. The molecule has 3 heterocycles. The SMILES string of the molecule is COc1ccc([N+](=O)[O-])cc1N1C(=O)[C@@H]2[C@H](C1=O)[C@H](C(=O)c1ccc(OC(C)=O)cc1)N1c3ccccc3C=C[C@@H]21. The Labute approximate surface area is 233 Å². The first-order valence-electron chi connectivity index (χ1n) is 12.8. The fourth-order valence-electron chi connectivity index (χ4n) is 6.04. The molecule has 206 valence electrons. The number of ketones is 1. The molecule has 6 rings (SSSR count). The van der Waals surface area contributed by atoms with Crippen molar-refractivity contribution in [3.05, 3.63) is 94.0 Å². The predicted molar refractivity (Wildman–Crippen MR) is 147 cm³/mol. The Morgan fingerprint density at radius 1 is 0.927 bits per heavy atom. The van der Waals surface area contributed by atoms with Crippen LogP contribution in [-0.2, 0) is 14.4 Å². The Balaban J connectivity index is 1.46. The number of fused-ring (bicyclic) bond motifs is 5. The van der Waals surface area contributed by atoms with Gasteiger partial charge in [-0.1, -0.05) is 30.4 Å². The Morgan fingerprint density at radius 3 is 2.32 bits per heavy atom. The number of carbonyl (C=O) groups excluding carboxylic acids is 4. The topological polar surface area (TPSA) is 136 Å². The molecule has 3 aromatic carbocycles. The summed E-state index contributed by atoms with van der Waals surface area (Å²) in [6.07, 6.45) is 3.68. The molecule has 2 saturated heterocycles. The van der Waals surface area contributed by atoms with Crippen LogP contribution in [0.4, 0.5) is 17.1 Å². The molecule has 0 unspecified atom stereocenters. The van der Waals surface area contributed by atoms with Crippen LogP contribution in [0.2, 0.25) is 0 Å². The number of hydrogen-bond donors (Lipinski definition) is 0. The van der Waals surface area contributed by atoms with Crippen molar-refractivity contribution in [3.63, 3.8) is 0 Å². The van der Waals surface area contributed by atoms with Crippen molar-refractivity contribution in [2.75, 3.05) is 16.9 Å². The third kappa shape index (κ3) is 4.05. The van der Waals surface area contributed by atoms with Crippen LogP contribution in [0.15, 0.2) is 72.8 Å². The standard InChI is InChI=1S/C30H23N3O8/c1-16(34)41-20-11-7-18(8-12-20)28(35)27-26-25(22-13-9-17-5-3-4-6-21(17)31(22)27)29(36)32(30(26)37)23-15-19(33(38)39)10-14-24(23)40-2/h3-15,22,25-27H,1-2H3/t22-,25-,26-,27+/m0/s1. The molecule has 2 amide bonds. The van der Waals surface area contributed by atoms with Gasteiger partial charge in [0.25, 0.3) is 5.69 Å². The minimum Gasteiger partial charge on any atom is -0.495 e. The third-order valence-corrected chi connectivity index (χ3v) is 7.70. The lowest BCUT2D eigenvalue weighted by atomic mass is 9.86. The number of para-hydroxylation sites is 1. The first kappa shape index (κ1) is 25.9. The van der Waals surface area contributed by atoms with Crippen molar-refractivity contribution >= 4 is 46.7 Å². The van der Waals surface area contributed by atoms with Crippen molar-refractivity contribution in [1.29, 1.82) is 0 Å². The summed E-state index contributed by atoms with van der Waals surface area (Å²) >= 11 is 0. The number of amides is 2. The van der Waals surface area contributed by atoms with Gasteiger partial charge in [-0.25, -0.2) is 4.90 Å². The molecule has 4 atom stereocenters.